The number of nitrogens with one attached hydrogen (secondary N) is 1. The monoisotopic (exact) mass is 696 g/mol. The number of rotatable bonds is 7. The van der Waals surface area contributed by atoms with Crippen molar-refractivity contribution in [3.05, 3.63) is 80.3 Å². The minimum atomic E-state index is -4.58. The lowest BCUT2D eigenvalue weighted by Gasteiger charge is -2.09. The molecule has 240 valence electrons. The van der Waals surface area contributed by atoms with E-state index in [4.69, 9.17) is 39.1 Å². The van der Waals surface area contributed by atoms with E-state index in [0.717, 1.165) is 49.5 Å². The normalized spacial score (nSPS) is 12.5. The van der Waals surface area contributed by atoms with Crippen LogP contribution in [0.4, 0.5) is 18.9 Å². The molecule has 1 aliphatic rings. The molecule has 46 heavy (non-hydrogen) atoms. The van der Waals surface area contributed by atoms with E-state index >= 15 is 0 Å². The van der Waals surface area contributed by atoms with Crippen molar-refractivity contribution in [3.8, 4) is 29.8 Å². The number of hydrogen-bond donors (Lipinski definition) is 1. The first-order chi connectivity index (χ1) is 21.9. The number of aryl methyl sites for hydroxylation is 1. The summed E-state index contributed by atoms with van der Waals surface area (Å²) < 4.78 is 80.8. The fourth-order valence-electron chi connectivity index (χ4n) is 4.30. The van der Waals surface area contributed by atoms with Crippen molar-refractivity contribution in [3.63, 3.8) is 0 Å². The summed E-state index contributed by atoms with van der Waals surface area (Å²) in [5, 5.41) is 7.69. The number of ether oxygens (including phenoxy) is 2. The topological polar surface area (TPSA) is 148 Å². The molecule has 0 unspecified atom stereocenters. The van der Waals surface area contributed by atoms with Crippen LogP contribution in [0, 0.1) is 29.8 Å². The molecule has 0 aliphatic carbocycles. The average molecular weight is 697 g/mol. The Kier molecular flexibility index (Phi) is 9.42. The molecule has 0 fully saturated rings. The predicted molar refractivity (Wildman–Crippen MR) is 160 cm³/mol. The number of halogens is 5. The quantitative estimate of drug-likeness (QED) is 0.249. The summed E-state index contributed by atoms with van der Waals surface area (Å²) in [6.07, 6.45) is 8.74. The molecule has 19 heteroatoms. The van der Waals surface area contributed by atoms with Gasteiger partial charge in [0.1, 0.15) is 35.5 Å². The first-order valence-corrected chi connectivity index (χ1v) is 15.4. The molecule has 6 rings (SSSR count). The second kappa shape index (κ2) is 13.3. The Morgan fingerprint density at radius 1 is 1.09 bits per heavy atom. The van der Waals surface area contributed by atoms with Crippen molar-refractivity contribution < 1.29 is 31.1 Å². The molecule has 3 aromatic heterocycles. The zero-order chi connectivity index (χ0) is 33.2. The lowest BCUT2D eigenvalue weighted by atomic mass is 10.2. The van der Waals surface area contributed by atoms with E-state index in [1.807, 2.05) is 0 Å². The third kappa shape index (κ3) is 6.45. The SMILES string of the molecule is C#CCOc1cc(-n2nc3n(c2=O)CCCC3)c(Cl)cc1Cl.COc1ncc(F)c2nc(S(=O)(=O)Nc3c(F)cccc3F)nn12. The van der Waals surface area contributed by atoms with E-state index in [2.05, 4.69) is 26.1 Å². The highest BCUT2D eigenvalue weighted by molar-refractivity contribution is 7.92. The first kappa shape index (κ1) is 32.6. The van der Waals surface area contributed by atoms with Gasteiger partial charge in [0.15, 0.2) is 11.5 Å². The number of sulfonamides is 1. The molecule has 5 aromatic rings. The van der Waals surface area contributed by atoms with E-state index in [9.17, 15) is 26.4 Å². The number of benzene rings is 2. The molecular weight excluding hydrogens is 676 g/mol. The van der Waals surface area contributed by atoms with Gasteiger partial charge in [-0.2, -0.15) is 22.6 Å². The van der Waals surface area contributed by atoms with Crippen LogP contribution in [0.3, 0.4) is 0 Å². The molecule has 0 atom stereocenters. The van der Waals surface area contributed by atoms with Crippen LogP contribution in [0.1, 0.15) is 18.7 Å². The highest BCUT2D eigenvalue weighted by Crippen LogP contribution is 2.33. The third-order valence-electron chi connectivity index (χ3n) is 6.40. The smallest absolute Gasteiger partial charge is 0.350 e. The number of hydrogen-bond acceptors (Lipinski definition) is 9. The fraction of sp³-hybridized carbons (Fsp3) is 0.222. The second-order valence-corrected chi connectivity index (χ2v) is 11.8. The zero-order valence-electron chi connectivity index (χ0n) is 23.5. The van der Waals surface area contributed by atoms with Gasteiger partial charge >= 0.3 is 11.7 Å². The number of terminal acetylenes is 1. The summed E-state index contributed by atoms with van der Waals surface area (Å²) in [6, 6.07) is 5.68. The number of anilines is 1. The van der Waals surface area contributed by atoms with E-state index in [1.165, 1.54) is 17.9 Å². The van der Waals surface area contributed by atoms with Gasteiger partial charge in [-0.3, -0.25) is 9.29 Å². The van der Waals surface area contributed by atoms with Crippen LogP contribution in [-0.2, 0) is 23.0 Å². The van der Waals surface area contributed by atoms with Crippen LogP contribution in [0.25, 0.3) is 11.3 Å². The van der Waals surface area contributed by atoms with E-state index < -0.39 is 44.0 Å². The van der Waals surface area contributed by atoms with Crippen molar-refractivity contribution in [2.75, 3.05) is 18.4 Å². The van der Waals surface area contributed by atoms with Crippen LogP contribution in [0.5, 0.6) is 11.8 Å². The number of methoxy groups -OCH3 is 1. The van der Waals surface area contributed by atoms with Gasteiger partial charge in [0.2, 0.25) is 0 Å². The molecule has 0 saturated carbocycles. The highest BCUT2D eigenvalue weighted by atomic mass is 35.5. The van der Waals surface area contributed by atoms with Crippen molar-refractivity contribution >= 4 is 44.6 Å². The van der Waals surface area contributed by atoms with Gasteiger partial charge in [-0.15, -0.1) is 16.6 Å². The molecule has 4 heterocycles. The number of fused-ring (bicyclic) bond motifs is 2. The fourth-order valence-corrected chi connectivity index (χ4v) is 5.77. The molecule has 0 spiro atoms. The number of para-hydroxylation sites is 1. The van der Waals surface area contributed by atoms with Gasteiger partial charge in [0.05, 0.1) is 29.0 Å². The van der Waals surface area contributed by atoms with Gasteiger partial charge in [-0.1, -0.05) is 35.2 Å². The summed E-state index contributed by atoms with van der Waals surface area (Å²) in [6.45, 7) is 0.759. The second-order valence-electron chi connectivity index (χ2n) is 9.37. The molecule has 13 nitrogen and oxygen atoms in total. The minimum absolute atomic E-state index is 0.0788. The maximum Gasteiger partial charge on any atom is 0.350 e. The summed E-state index contributed by atoms with van der Waals surface area (Å²) in [4.78, 5) is 19.5. The lowest BCUT2D eigenvalue weighted by molar-refractivity contribution is 0.363. The molecule has 0 amide bonds. The molecule has 0 saturated heterocycles. The van der Waals surface area contributed by atoms with Gasteiger partial charge in [-0.05, 0) is 31.0 Å². The van der Waals surface area contributed by atoms with Crippen LogP contribution >= 0.6 is 23.2 Å². The summed E-state index contributed by atoms with van der Waals surface area (Å²) in [5.74, 6) is 0.290. The number of nitrogens with zero attached hydrogens (tertiary/aromatic N) is 7. The van der Waals surface area contributed by atoms with E-state index in [-0.39, 0.29) is 18.3 Å². The molecule has 0 radical (unpaired) electrons. The molecule has 1 aliphatic heterocycles. The predicted octanol–water partition coefficient (Wildman–Crippen LogP) is 4.04. The Hall–Kier alpha value is -4.79. The third-order valence-corrected chi connectivity index (χ3v) is 8.13. The largest absolute Gasteiger partial charge is 0.479 e. The minimum Gasteiger partial charge on any atom is -0.479 e. The Labute approximate surface area is 268 Å². The first-order valence-electron chi connectivity index (χ1n) is 13.1. The highest BCUT2D eigenvalue weighted by Gasteiger charge is 2.26. The van der Waals surface area contributed by atoms with Crippen LogP contribution < -0.4 is 19.9 Å². The Morgan fingerprint density at radius 2 is 1.83 bits per heavy atom. The molecular formula is C27H21Cl2F3N8O5S. The Balaban J connectivity index is 0.000000182. The molecule has 1 N–H and O–H groups in total. The van der Waals surface area contributed by atoms with Crippen molar-refractivity contribution in [2.45, 2.75) is 31.0 Å². The van der Waals surface area contributed by atoms with Gasteiger partial charge in [-0.25, -0.2) is 22.9 Å². The van der Waals surface area contributed by atoms with E-state index in [0.29, 0.717) is 32.5 Å². The average Bonchev–Trinajstić information content (AvgIpc) is 3.63. The standard InChI is InChI=1S/C15H13Cl2N3O2.C12H8F3N5O3S/c1-2-7-22-13-9-12(10(16)8-11(13)17)20-15(21)19-6-4-3-5-14(19)18-20;1-23-12-16-5-8(15)10-17-11(18-20(10)12)24(21,22)19-9-6(13)3-2-4-7(9)14/h1,8-9H,3-7H2;2-5,19H,1H3. The summed E-state index contributed by atoms with van der Waals surface area (Å²) >= 11 is 12.3. The van der Waals surface area contributed by atoms with Gasteiger partial charge in [0.25, 0.3) is 15.2 Å². The van der Waals surface area contributed by atoms with Crippen molar-refractivity contribution in [1.29, 1.82) is 0 Å². The maximum absolute atomic E-state index is 13.7. The van der Waals surface area contributed by atoms with Crippen LogP contribution in [-0.4, -0.2) is 56.1 Å². The van der Waals surface area contributed by atoms with Crippen molar-refractivity contribution in [2.24, 2.45) is 0 Å². The maximum atomic E-state index is 13.7. The lowest BCUT2D eigenvalue weighted by Crippen LogP contribution is -2.26. The Bertz CT molecular complexity index is 2140. The van der Waals surface area contributed by atoms with Crippen LogP contribution in [0.2, 0.25) is 10.0 Å². The summed E-state index contributed by atoms with van der Waals surface area (Å²) in [5.41, 5.74) is -1.15. The van der Waals surface area contributed by atoms with E-state index in [1.54, 1.807) is 15.4 Å². The summed E-state index contributed by atoms with van der Waals surface area (Å²) in [7, 11) is -3.37. The number of aromatic nitrogens is 7. The zero-order valence-corrected chi connectivity index (χ0v) is 25.9. The molecule has 2 aromatic carbocycles. The van der Waals surface area contributed by atoms with Gasteiger partial charge < -0.3 is 9.47 Å². The Morgan fingerprint density at radius 3 is 2.50 bits per heavy atom. The molecule has 0 bridgehead atoms. The van der Waals surface area contributed by atoms with Crippen molar-refractivity contribution in [1.82, 2.24) is 33.9 Å². The van der Waals surface area contributed by atoms with Gasteiger partial charge in [0, 0.05) is 19.0 Å². The van der Waals surface area contributed by atoms with Crippen LogP contribution in [0.15, 0.2) is 46.5 Å².